The van der Waals surface area contributed by atoms with Gasteiger partial charge in [-0.2, -0.15) is 0 Å². The molecule has 0 nitrogen and oxygen atoms in total. The van der Waals surface area contributed by atoms with E-state index in [1.165, 1.54) is 25.7 Å². The number of hydrogen-bond donors (Lipinski definition) is 0. The molecule has 0 aliphatic rings. The monoisotopic (exact) mass is 250 g/mol. The van der Waals surface area contributed by atoms with E-state index in [1.807, 2.05) is 0 Å². The van der Waals surface area contributed by atoms with Crippen LogP contribution in [0, 0.1) is 0 Å². The Morgan fingerprint density at radius 1 is 0.900 bits per heavy atom. The van der Waals surface area contributed by atoms with Crippen molar-refractivity contribution in [2.45, 2.75) is 51.9 Å². The molecule has 0 heterocycles. The zero-order valence-corrected chi connectivity index (χ0v) is 10.9. The summed E-state index contributed by atoms with van der Waals surface area (Å²) in [5.74, 6) is 0. The molecule has 0 aliphatic carbocycles. The molecule has 0 aromatic rings. The molecular formula is C9H22Sn. The molecule has 0 rings (SSSR count). The second-order valence-corrected chi connectivity index (χ2v) is 20.4. The first-order valence-corrected chi connectivity index (χ1v) is 15.1. The molecule has 0 fully saturated rings. The molecule has 0 radical (unpaired) electrons. The van der Waals surface area contributed by atoms with E-state index < -0.39 is 18.4 Å². The molecule has 0 saturated heterocycles. The van der Waals surface area contributed by atoms with Crippen LogP contribution in [-0.4, -0.2) is 18.4 Å². The fourth-order valence-electron chi connectivity index (χ4n) is 1.08. The van der Waals surface area contributed by atoms with Crippen LogP contribution in [0.4, 0.5) is 0 Å². The van der Waals surface area contributed by atoms with Gasteiger partial charge in [0.05, 0.1) is 0 Å². The van der Waals surface area contributed by atoms with E-state index in [4.69, 9.17) is 0 Å². The predicted molar refractivity (Wildman–Crippen MR) is 52.3 cm³/mol. The maximum atomic E-state index is 2.53. The van der Waals surface area contributed by atoms with E-state index in [0.29, 0.717) is 0 Å². The molecule has 0 spiro atoms. The Morgan fingerprint density at radius 3 is 1.90 bits per heavy atom. The normalized spacial score (nSPS) is 12.0. The predicted octanol–water partition coefficient (Wildman–Crippen LogP) is 3.90. The van der Waals surface area contributed by atoms with Crippen LogP contribution in [0.2, 0.25) is 19.3 Å². The SMILES string of the molecule is CCCCC[CH2][Sn]([CH3])([CH3])[CH3]. The molecule has 10 heavy (non-hydrogen) atoms. The molecule has 1 heteroatoms. The standard InChI is InChI=1S/C6H13.3CH3.Sn/c1-3-5-6-4-2;;;;/h1,3-6H2,2H3;3*1H3;. The number of unbranched alkanes of at least 4 members (excludes halogenated alkanes) is 3. The van der Waals surface area contributed by atoms with Crippen molar-refractivity contribution in [1.29, 1.82) is 0 Å². The first kappa shape index (κ1) is 10.8. The van der Waals surface area contributed by atoms with Crippen LogP contribution in [0.3, 0.4) is 0 Å². The molecule has 0 unspecified atom stereocenters. The summed E-state index contributed by atoms with van der Waals surface area (Å²) in [6.07, 6.45) is 5.81. The number of hydrogen-bond acceptors (Lipinski definition) is 0. The average Bonchev–Trinajstić information content (AvgIpc) is 1.78. The third kappa shape index (κ3) is 8.80. The van der Waals surface area contributed by atoms with Crippen molar-refractivity contribution in [2.75, 3.05) is 0 Å². The van der Waals surface area contributed by atoms with Gasteiger partial charge in [0.15, 0.2) is 0 Å². The maximum absolute atomic E-state index is 2.53. The Bertz CT molecular complexity index is 71.3. The summed E-state index contributed by atoms with van der Waals surface area (Å²) in [5.41, 5.74) is 0. The van der Waals surface area contributed by atoms with Crippen LogP contribution in [0.5, 0.6) is 0 Å². The first-order chi connectivity index (χ1) is 4.56. The molecule has 0 atom stereocenters. The summed E-state index contributed by atoms with van der Waals surface area (Å²) < 4.78 is 1.59. The van der Waals surface area contributed by atoms with Crippen molar-refractivity contribution < 1.29 is 0 Å². The van der Waals surface area contributed by atoms with Gasteiger partial charge in [-0.1, -0.05) is 0 Å². The molecule has 0 amide bonds. The second-order valence-electron chi connectivity index (χ2n) is 4.37. The van der Waals surface area contributed by atoms with E-state index in [2.05, 4.69) is 21.7 Å². The van der Waals surface area contributed by atoms with Gasteiger partial charge in [-0.15, -0.1) is 0 Å². The van der Waals surface area contributed by atoms with Gasteiger partial charge in [0.1, 0.15) is 0 Å². The minimum atomic E-state index is -1.35. The molecular weight excluding hydrogens is 227 g/mol. The Morgan fingerprint density at radius 2 is 1.50 bits per heavy atom. The van der Waals surface area contributed by atoms with E-state index in [1.54, 1.807) is 4.44 Å². The van der Waals surface area contributed by atoms with Crippen molar-refractivity contribution in [3.63, 3.8) is 0 Å². The van der Waals surface area contributed by atoms with Crippen LogP contribution in [0.1, 0.15) is 32.6 Å². The van der Waals surface area contributed by atoms with Gasteiger partial charge in [-0.3, -0.25) is 0 Å². The summed E-state index contributed by atoms with van der Waals surface area (Å²) >= 11 is -1.35. The van der Waals surface area contributed by atoms with Gasteiger partial charge in [-0.25, -0.2) is 0 Å². The van der Waals surface area contributed by atoms with Crippen molar-refractivity contribution in [1.82, 2.24) is 0 Å². The van der Waals surface area contributed by atoms with Gasteiger partial charge < -0.3 is 0 Å². The van der Waals surface area contributed by atoms with Crippen molar-refractivity contribution in [2.24, 2.45) is 0 Å². The fourth-order valence-corrected chi connectivity index (χ4v) is 4.82. The summed E-state index contributed by atoms with van der Waals surface area (Å²) in [6.45, 7) is 2.28. The van der Waals surface area contributed by atoms with Crippen molar-refractivity contribution in [3.8, 4) is 0 Å². The quantitative estimate of drug-likeness (QED) is 0.512. The summed E-state index contributed by atoms with van der Waals surface area (Å²) in [4.78, 5) is 7.59. The number of rotatable bonds is 5. The average molecular weight is 249 g/mol. The van der Waals surface area contributed by atoms with Gasteiger partial charge in [-0.05, 0) is 0 Å². The van der Waals surface area contributed by atoms with Crippen LogP contribution < -0.4 is 0 Å². The summed E-state index contributed by atoms with van der Waals surface area (Å²) in [5, 5.41) is 0. The van der Waals surface area contributed by atoms with Crippen LogP contribution in [-0.2, 0) is 0 Å². The molecule has 0 N–H and O–H groups in total. The van der Waals surface area contributed by atoms with Gasteiger partial charge in [0.2, 0.25) is 0 Å². The summed E-state index contributed by atoms with van der Waals surface area (Å²) in [6, 6.07) is 0. The van der Waals surface area contributed by atoms with E-state index in [-0.39, 0.29) is 0 Å². The van der Waals surface area contributed by atoms with E-state index in [9.17, 15) is 0 Å². The Balaban J connectivity index is 3.04. The third-order valence-corrected chi connectivity index (χ3v) is 7.07. The Kier molecular flexibility index (Phi) is 5.88. The van der Waals surface area contributed by atoms with Gasteiger partial charge in [0.25, 0.3) is 0 Å². The van der Waals surface area contributed by atoms with Crippen LogP contribution in [0.25, 0.3) is 0 Å². The Hall–Kier alpha value is 0.799. The minimum absolute atomic E-state index is 1.35. The van der Waals surface area contributed by atoms with Gasteiger partial charge in [0, 0.05) is 0 Å². The topological polar surface area (TPSA) is 0 Å². The molecule has 0 aromatic heterocycles. The van der Waals surface area contributed by atoms with Gasteiger partial charge >= 0.3 is 70.2 Å². The molecule has 0 saturated carbocycles. The molecule has 0 aromatic carbocycles. The van der Waals surface area contributed by atoms with Crippen molar-refractivity contribution >= 4 is 18.4 Å². The third-order valence-electron chi connectivity index (χ3n) is 1.78. The summed E-state index contributed by atoms with van der Waals surface area (Å²) in [7, 11) is 0. The molecule has 0 aliphatic heterocycles. The zero-order valence-electron chi connectivity index (χ0n) is 8.04. The second kappa shape index (κ2) is 5.45. The van der Waals surface area contributed by atoms with E-state index in [0.717, 1.165) is 0 Å². The van der Waals surface area contributed by atoms with Crippen molar-refractivity contribution in [3.05, 3.63) is 0 Å². The first-order valence-electron chi connectivity index (χ1n) is 4.56. The molecule has 0 bridgehead atoms. The van der Waals surface area contributed by atoms with E-state index >= 15 is 0 Å². The molecule has 62 valence electrons. The Labute approximate surface area is 70.3 Å². The van der Waals surface area contributed by atoms with Crippen LogP contribution in [0.15, 0.2) is 0 Å². The fraction of sp³-hybridized carbons (Fsp3) is 1.00. The van der Waals surface area contributed by atoms with Crippen LogP contribution >= 0.6 is 0 Å². The zero-order chi connectivity index (χ0) is 8.04.